The second-order valence-electron chi connectivity index (χ2n) is 11.4. The van der Waals surface area contributed by atoms with E-state index in [-0.39, 0.29) is 19.4 Å². The Morgan fingerprint density at radius 1 is 0.979 bits per heavy atom. The summed E-state index contributed by atoms with van der Waals surface area (Å²) in [5.74, 6) is 0.0609. The topological polar surface area (TPSA) is 127 Å². The van der Waals surface area contributed by atoms with Crippen LogP contribution < -0.4 is 20.3 Å². The lowest BCUT2D eigenvalue weighted by Gasteiger charge is -2.34. The first-order valence-corrected chi connectivity index (χ1v) is 16.9. The Hall–Kier alpha value is -4.34. The average Bonchev–Trinajstić information content (AvgIpc) is 3.09. The van der Waals surface area contributed by atoms with Gasteiger partial charge in [-0.25, -0.2) is 13.2 Å². The molecule has 0 saturated carbocycles. The van der Waals surface area contributed by atoms with Crippen molar-refractivity contribution in [3.05, 3.63) is 83.9 Å². The van der Waals surface area contributed by atoms with Crippen molar-refractivity contribution in [2.24, 2.45) is 0 Å². The van der Waals surface area contributed by atoms with Crippen molar-refractivity contribution >= 4 is 33.4 Å². The Morgan fingerprint density at radius 3 is 2.35 bits per heavy atom. The molecule has 2 saturated heterocycles. The fourth-order valence-corrected chi connectivity index (χ4v) is 7.17. The van der Waals surface area contributed by atoms with Gasteiger partial charge in [-0.15, -0.1) is 0 Å². The molecule has 5 rings (SSSR count). The molecule has 2 atom stereocenters. The van der Waals surface area contributed by atoms with Crippen molar-refractivity contribution in [2.75, 3.05) is 50.2 Å². The van der Waals surface area contributed by atoms with Gasteiger partial charge in [-0.05, 0) is 79.4 Å². The summed E-state index contributed by atoms with van der Waals surface area (Å²) in [6, 6.07) is 16.5. The maximum absolute atomic E-state index is 13.5. The van der Waals surface area contributed by atoms with Gasteiger partial charge in [0.15, 0.2) is 6.23 Å². The van der Waals surface area contributed by atoms with Crippen LogP contribution in [-0.4, -0.2) is 77.0 Å². The van der Waals surface area contributed by atoms with Crippen LogP contribution >= 0.6 is 0 Å². The quantitative estimate of drug-likeness (QED) is 0.304. The predicted octanol–water partition coefficient (Wildman–Crippen LogP) is 5.03. The molecule has 2 amide bonds. The summed E-state index contributed by atoms with van der Waals surface area (Å²) in [4.78, 5) is 28.4. The predicted molar refractivity (Wildman–Crippen MR) is 171 cm³/mol. The monoisotopic (exact) mass is 690 g/mol. The van der Waals surface area contributed by atoms with Crippen molar-refractivity contribution in [1.29, 1.82) is 0 Å². The molecule has 0 bridgehead atoms. The van der Waals surface area contributed by atoms with Crippen LogP contribution in [0.25, 0.3) is 0 Å². The van der Waals surface area contributed by atoms with Crippen molar-refractivity contribution in [1.82, 2.24) is 9.62 Å². The average molecular weight is 691 g/mol. The van der Waals surface area contributed by atoms with Crippen LogP contribution in [0.2, 0.25) is 0 Å². The Balaban J connectivity index is 1.31. The molecular weight excluding hydrogens is 653 g/mol. The summed E-state index contributed by atoms with van der Waals surface area (Å²) in [5.41, 5.74) is 1.06. The van der Waals surface area contributed by atoms with E-state index < -0.39 is 50.9 Å². The number of ether oxygens (including phenoxy) is 3. The Labute approximate surface area is 277 Å². The highest BCUT2D eigenvalue weighted by molar-refractivity contribution is 7.89. The van der Waals surface area contributed by atoms with Gasteiger partial charge in [0.05, 0.1) is 30.8 Å². The van der Waals surface area contributed by atoms with Crippen LogP contribution in [-0.2, 0) is 36.9 Å². The lowest BCUT2D eigenvalue weighted by molar-refractivity contribution is -0.137. The minimum absolute atomic E-state index is 0.0628. The molecule has 2 fully saturated rings. The molecule has 3 aromatic carbocycles. The van der Waals surface area contributed by atoms with Crippen LogP contribution in [0.3, 0.4) is 0 Å². The first kappa shape index (κ1) is 35.0. The Kier molecular flexibility index (Phi) is 11.1. The zero-order valence-electron chi connectivity index (χ0n) is 26.2. The van der Waals surface area contributed by atoms with Gasteiger partial charge in [-0.1, -0.05) is 18.2 Å². The number of carbonyl (C=O) groups is 2. The third kappa shape index (κ3) is 8.76. The number of alkyl halides is 3. The van der Waals surface area contributed by atoms with E-state index in [1.54, 1.807) is 36.4 Å². The molecule has 0 radical (unpaired) electrons. The molecule has 0 unspecified atom stereocenters. The zero-order chi connectivity index (χ0) is 34.3. The highest BCUT2D eigenvalue weighted by Crippen LogP contribution is 2.33. The normalized spacial score (nSPS) is 18.1. The summed E-state index contributed by atoms with van der Waals surface area (Å²) in [6.07, 6.45) is -5.97. The van der Waals surface area contributed by atoms with Crippen molar-refractivity contribution in [3.63, 3.8) is 0 Å². The number of hydrogen-bond acceptors (Lipinski definition) is 8. The fraction of sp³-hybridized carbons (Fsp3) is 0.394. The summed E-state index contributed by atoms with van der Waals surface area (Å²) in [7, 11) is -2.94. The molecular formula is C33H37F3N4O7S. The van der Waals surface area contributed by atoms with E-state index in [2.05, 4.69) is 15.5 Å². The van der Waals surface area contributed by atoms with E-state index in [1.807, 2.05) is 12.1 Å². The van der Waals surface area contributed by atoms with Gasteiger partial charge in [0.2, 0.25) is 15.9 Å². The minimum Gasteiger partial charge on any atom is -0.497 e. The van der Waals surface area contributed by atoms with E-state index in [4.69, 9.17) is 14.2 Å². The number of sulfonamides is 1. The summed E-state index contributed by atoms with van der Waals surface area (Å²) >= 11 is 0. The molecule has 0 aliphatic carbocycles. The van der Waals surface area contributed by atoms with Gasteiger partial charge in [0.25, 0.3) is 0 Å². The molecule has 11 nitrogen and oxygen atoms in total. The number of nitrogens with zero attached hydrogens (tertiary/aromatic N) is 2. The maximum Gasteiger partial charge on any atom is 0.416 e. The third-order valence-corrected chi connectivity index (χ3v) is 10.0. The van der Waals surface area contributed by atoms with Crippen LogP contribution in [0.4, 0.5) is 29.3 Å². The van der Waals surface area contributed by atoms with E-state index in [1.165, 1.54) is 7.11 Å². The number of anilines is 2. The maximum atomic E-state index is 13.5. The van der Waals surface area contributed by atoms with Gasteiger partial charge in [0.1, 0.15) is 11.8 Å². The molecule has 258 valence electrons. The largest absolute Gasteiger partial charge is 0.497 e. The van der Waals surface area contributed by atoms with Crippen molar-refractivity contribution in [2.45, 2.75) is 49.0 Å². The number of amides is 2. The molecule has 3 aromatic rings. The first-order valence-electron chi connectivity index (χ1n) is 15.5. The number of piperidine rings is 1. The summed E-state index contributed by atoms with van der Waals surface area (Å²) in [6.45, 7) is 2.70. The molecule has 2 aliphatic rings. The number of halogens is 3. The van der Waals surface area contributed by atoms with Crippen molar-refractivity contribution < 1.29 is 45.4 Å². The number of alkyl carbamates (subject to hydrolysis) is 1. The summed E-state index contributed by atoms with van der Waals surface area (Å²) < 4.78 is 84.0. The van der Waals surface area contributed by atoms with Gasteiger partial charge in [-0.2, -0.15) is 17.5 Å². The SMILES string of the molecule is COc1ccc(C[C@H](NC(=O)O[C@H]2CCCCN2S(=O)(=O)c2cccc(C(F)(F)F)c2)C(=O)Nc2ccc(N3CCOCC3)cc2)cc1. The second-order valence-corrected chi connectivity index (χ2v) is 13.3. The van der Waals surface area contributed by atoms with E-state index >= 15 is 0 Å². The molecule has 2 aliphatic heterocycles. The second kappa shape index (κ2) is 15.3. The lowest BCUT2D eigenvalue weighted by Crippen LogP contribution is -2.50. The summed E-state index contributed by atoms with van der Waals surface area (Å²) in [5, 5.41) is 5.39. The molecule has 15 heteroatoms. The number of benzene rings is 3. The lowest BCUT2D eigenvalue weighted by atomic mass is 10.0. The van der Waals surface area contributed by atoms with Gasteiger partial charge >= 0.3 is 12.3 Å². The van der Waals surface area contributed by atoms with Crippen LogP contribution in [0.1, 0.15) is 30.4 Å². The number of rotatable bonds is 10. The van der Waals surface area contributed by atoms with Crippen LogP contribution in [0.5, 0.6) is 5.75 Å². The van der Waals surface area contributed by atoms with Crippen molar-refractivity contribution in [3.8, 4) is 5.75 Å². The minimum atomic E-state index is -4.74. The number of carbonyl (C=O) groups excluding carboxylic acids is 2. The number of hydrogen-bond donors (Lipinski definition) is 2. The van der Waals surface area contributed by atoms with Crippen LogP contribution in [0, 0.1) is 0 Å². The van der Waals surface area contributed by atoms with E-state index in [9.17, 15) is 31.2 Å². The highest BCUT2D eigenvalue weighted by Gasteiger charge is 2.38. The van der Waals surface area contributed by atoms with Gasteiger partial charge in [0, 0.05) is 37.4 Å². The first-order chi connectivity index (χ1) is 22.9. The van der Waals surface area contributed by atoms with E-state index in [0.29, 0.717) is 49.1 Å². The number of nitrogens with one attached hydrogen (secondary N) is 2. The van der Waals surface area contributed by atoms with Crippen LogP contribution in [0.15, 0.2) is 77.7 Å². The Bertz CT molecular complexity index is 1670. The number of morpholine rings is 1. The Morgan fingerprint density at radius 2 is 1.69 bits per heavy atom. The van der Waals surface area contributed by atoms with Gasteiger partial charge < -0.3 is 29.7 Å². The molecule has 2 N–H and O–H groups in total. The third-order valence-electron chi connectivity index (χ3n) is 8.13. The standard InChI is InChI=1S/C33H37F3N4O7S/c1-45-27-14-8-23(9-15-27)21-29(31(41)37-25-10-12-26(13-11-25)39-17-19-46-20-18-39)38-32(42)47-30-7-2-3-16-40(30)48(43,44)28-6-4-5-24(22-28)33(34,35)36/h4-6,8-15,22,29-30H,2-3,7,16-21H2,1H3,(H,37,41)(H,38,42)/t29-,30-/m0/s1. The van der Waals surface area contributed by atoms with Gasteiger partial charge in [-0.3, -0.25) is 4.79 Å². The number of methoxy groups -OCH3 is 1. The molecule has 2 heterocycles. The zero-order valence-corrected chi connectivity index (χ0v) is 27.1. The highest BCUT2D eigenvalue weighted by atomic mass is 32.2. The smallest absolute Gasteiger partial charge is 0.416 e. The molecule has 48 heavy (non-hydrogen) atoms. The molecule has 0 spiro atoms. The van der Waals surface area contributed by atoms with E-state index in [0.717, 1.165) is 41.3 Å². The fourth-order valence-electron chi connectivity index (χ4n) is 5.55. The molecule has 0 aromatic heterocycles.